The highest BCUT2D eigenvalue weighted by Gasteiger charge is 2.31. The molecule has 0 aliphatic carbocycles. The normalized spacial score (nSPS) is 15.5. The minimum atomic E-state index is -3.75. The summed E-state index contributed by atoms with van der Waals surface area (Å²) in [5.41, 5.74) is 2.18. The molecule has 1 saturated heterocycles. The van der Waals surface area contributed by atoms with Crippen LogP contribution in [0.25, 0.3) is 16.9 Å². The maximum Gasteiger partial charge on any atom is 0.244 e. The standard InChI is InChI=1S/C23H19BrCl3N5O2S/c24-16-13-28-32-21(12-19(30-23(16)32)15-4-1-2-5-17(15)25)29-14-8-10-31(11-9-14)35(33,34)20-7-3-6-18(26)22(20)27/h1-7,12-14,29H,8-11H2. The number of halogens is 4. The van der Waals surface area contributed by atoms with E-state index in [0.717, 1.165) is 15.9 Å². The van der Waals surface area contributed by atoms with Crippen LogP contribution in [-0.4, -0.2) is 46.5 Å². The van der Waals surface area contributed by atoms with Gasteiger partial charge in [0.25, 0.3) is 0 Å². The number of nitrogens with one attached hydrogen (secondary N) is 1. The SMILES string of the molecule is O=S(=O)(c1cccc(Cl)c1Cl)N1CCC(Nc2cc(-c3ccccc3Cl)nc3c(Br)cnn23)CC1. The average Bonchev–Trinajstić information content (AvgIpc) is 3.22. The number of anilines is 1. The molecule has 182 valence electrons. The van der Waals surface area contributed by atoms with E-state index in [9.17, 15) is 8.42 Å². The van der Waals surface area contributed by atoms with Crippen molar-refractivity contribution >= 4 is 72.2 Å². The number of aromatic nitrogens is 3. The summed E-state index contributed by atoms with van der Waals surface area (Å²) in [5, 5.41) is 8.82. The number of fused-ring (bicyclic) bond motifs is 1. The monoisotopic (exact) mass is 613 g/mol. The van der Waals surface area contributed by atoms with Crippen molar-refractivity contribution in [2.24, 2.45) is 0 Å². The molecule has 0 saturated carbocycles. The van der Waals surface area contributed by atoms with E-state index in [4.69, 9.17) is 39.8 Å². The van der Waals surface area contributed by atoms with Crippen LogP contribution in [0.5, 0.6) is 0 Å². The molecule has 1 N–H and O–H groups in total. The molecule has 0 bridgehead atoms. The Morgan fingerprint density at radius 3 is 2.46 bits per heavy atom. The quantitative estimate of drug-likeness (QED) is 0.282. The van der Waals surface area contributed by atoms with Gasteiger partial charge in [0.2, 0.25) is 10.0 Å². The summed E-state index contributed by atoms with van der Waals surface area (Å²) >= 11 is 22.2. The summed E-state index contributed by atoms with van der Waals surface area (Å²) in [6.07, 6.45) is 2.89. The highest BCUT2D eigenvalue weighted by Crippen LogP contribution is 2.33. The molecular weight excluding hydrogens is 597 g/mol. The van der Waals surface area contributed by atoms with Gasteiger partial charge in [0, 0.05) is 35.8 Å². The predicted molar refractivity (Wildman–Crippen MR) is 143 cm³/mol. The minimum absolute atomic E-state index is 0.0275. The Morgan fingerprint density at radius 1 is 1.00 bits per heavy atom. The molecule has 12 heteroatoms. The lowest BCUT2D eigenvalue weighted by molar-refractivity contribution is 0.329. The van der Waals surface area contributed by atoms with E-state index in [-0.39, 0.29) is 21.0 Å². The van der Waals surface area contributed by atoms with Gasteiger partial charge >= 0.3 is 0 Å². The molecule has 3 heterocycles. The summed E-state index contributed by atoms with van der Waals surface area (Å²) in [4.78, 5) is 4.76. The first-order chi connectivity index (χ1) is 16.8. The van der Waals surface area contributed by atoms with Gasteiger partial charge in [-0.05, 0) is 47.0 Å². The summed E-state index contributed by atoms with van der Waals surface area (Å²) in [5.74, 6) is 0.745. The van der Waals surface area contributed by atoms with Crippen molar-refractivity contribution in [2.45, 2.75) is 23.8 Å². The molecule has 0 radical (unpaired) electrons. The second-order valence-electron chi connectivity index (χ2n) is 8.11. The molecule has 0 amide bonds. The van der Waals surface area contributed by atoms with Gasteiger partial charge in [-0.25, -0.2) is 13.4 Å². The van der Waals surface area contributed by atoms with Crippen molar-refractivity contribution in [1.82, 2.24) is 18.9 Å². The lowest BCUT2D eigenvalue weighted by atomic mass is 10.1. The maximum absolute atomic E-state index is 13.2. The van der Waals surface area contributed by atoms with E-state index < -0.39 is 10.0 Å². The zero-order valence-corrected chi connectivity index (χ0v) is 22.8. The van der Waals surface area contributed by atoms with Crippen LogP contribution >= 0.6 is 50.7 Å². The van der Waals surface area contributed by atoms with Crippen LogP contribution in [0.4, 0.5) is 5.82 Å². The van der Waals surface area contributed by atoms with Gasteiger partial charge in [0.1, 0.15) is 10.7 Å². The van der Waals surface area contributed by atoms with Gasteiger partial charge in [-0.15, -0.1) is 0 Å². The van der Waals surface area contributed by atoms with Crippen molar-refractivity contribution in [2.75, 3.05) is 18.4 Å². The Kier molecular flexibility index (Phi) is 7.00. The third-order valence-corrected chi connectivity index (χ3v) is 9.68. The Bertz CT molecular complexity index is 1520. The molecule has 1 aliphatic rings. The molecule has 1 fully saturated rings. The largest absolute Gasteiger partial charge is 0.367 e. The number of piperidine rings is 1. The fourth-order valence-corrected chi connectivity index (χ4v) is 6.90. The maximum atomic E-state index is 13.2. The van der Waals surface area contributed by atoms with Crippen molar-refractivity contribution < 1.29 is 8.42 Å². The molecule has 2 aromatic heterocycles. The number of nitrogens with zero attached hydrogens (tertiary/aromatic N) is 4. The van der Waals surface area contributed by atoms with Crippen molar-refractivity contribution in [3.8, 4) is 11.3 Å². The topological polar surface area (TPSA) is 79.6 Å². The molecule has 7 nitrogen and oxygen atoms in total. The Hall–Kier alpha value is -1.88. The van der Waals surface area contributed by atoms with E-state index in [1.165, 1.54) is 10.4 Å². The number of benzene rings is 2. The first-order valence-corrected chi connectivity index (χ1v) is 14.1. The van der Waals surface area contributed by atoms with Crippen LogP contribution in [0.3, 0.4) is 0 Å². The van der Waals surface area contributed by atoms with Crippen LogP contribution in [0.15, 0.2) is 64.1 Å². The zero-order valence-electron chi connectivity index (χ0n) is 18.1. The number of rotatable bonds is 5. The first-order valence-electron chi connectivity index (χ1n) is 10.8. The minimum Gasteiger partial charge on any atom is -0.367 e. The van der Waals surface area contributed by atoms with E-state index >= 15 is 0 Å². The zero-order chi connectivity index (χ0) is 24.7. The van der Waals surface area contributed by atoms with Gasteiger partial charge in [0.15, 0.2) is 5.65 Å². The van der Waals surface area contributed by atoms with E-state index in [1.54, 1.807) is 22.8 Å². The summed E-state index contributed by atoms with van der Waals surface area (Å²) in [6, 6.07) is 14.1. The third-order valence-electron chi connectivity index (χ3n) is 5.92. The van der Waals surface area contributed by atoms with Crippen molar-refractivity contribution in [1.29, 1.82) is 0 Å². The second kappa shape index (κ2) is 9.88. The molecule has 0 atom stereocenters. The van der Waals surface area contributed by atoms with Crippen LogP contribution in [0, 0.1) is 0 Å². The highest BCUT2D eigenvalue weighted by atomic mass is 79.9. The Morgan fingerprint density at radius 2 is 1.71 bits per heavy atom. The van der Waals surface area contributed by atoms with Crippen LogP contribution in [0.1, 0.15) is 12.8 Å². The lowest BCUT2D eigenvalue weighted by Crippen LogP contribution is -2.42. The van der Waals surface area contributed by atoms with Gasteiger partial charge in [-0.3, -0.25) is 0 Å². The van der Waals surface area contributed by atoms with Gasteiger partial charge < -0.3 is 5.32 Å². The van der Waals surface area contributed by atoms with Gasteiger partial charge in [-0.2, -0.15) is 13.9 Å². The first kappa shape index (κ1) is 24.8. The lowest BCUT2D eigenvalue weighted by Gasteiger charge is -2.32. The van der Waals surface area contributed by atoms with Crippen molar-refractivity contribution in [3.05, 3.63) is 74.3 Å². The fourth-order valence-electron chi connectivity index (χ4n) is 4.12. The molecule has 5 rings (SSSR count). The molecule has 0 spiro atoms. The van der Waals surface area contributed by atoms with Gasteiger partial charge in [0.05, 0.1) is 26.4 Å². The van der Waals surface area contributed by atoms with E-state index in [1.807, 2.05) is 30.3 Å². The summed E-state index contributed by atoms with van der Waals surface area (Å²) in [6.45, 7) is 0.689. The molecule has 1 aliphatic heterocycles. The summed E-state index contributed by atoms with van der Waals surface area (Å²) in [7, 11) is -3.75. The van der Waals surface area contributed by atoms with E-state index in [2.05, 4.69) is 26.3 Å². The number of sulfonamides is 1. The molecule has 0 unspecified atom stereocenters. The van der Waals surface area contributed by atoms with Crippen molar-refractivity contribution in [3.63, 3.8) is 0 Å². The number of hydrogen-bond acceptors (Lipinski definition) is 5. The average molecular weight is 616 g/mol. The smallest absolute Gasteiger partial charge is 0.244 e. The fraction of sp³-hybridized carbons (Fsp3) is 0.217. The van der Waals surface area contributed by atoms with Crippen LogP contribution < -0.4 is 5.32 Å². The Balaban J connectivity index is 1.38. The van der Waals surface area contributed by atoms with Crippen LogP contribution in [-0.2, 0) is 10.0 Å². The highest BCUT2D eigenvalue weighted by molar-refractivity contribution is 9.10. The Labute approximate surface area is 226 Å². The van der Waals surface area contributed by atoms with Gasteiger partial charge in [-0.1, -0.05) is 59.1 Å². The third kappa shape index (κ3) is 4.77. The van der Waals surface area contributed by atoms with Crippen LogP contribution in [0.2, 0.25) is 15.1 Å². The molecule has 4 aromatic rings. The molecule has 2 aromatic carbocycles. The molecular formula is C23H19BrCl3N5O2S. The van der Waals surface area contributed by atoms with E-state index in [0.29, 0.717) is 42.3 Å². The number of hydrogen-bond donors (Lipinski definition) is 1. The predicted octanol–water partition coefficient (Wildman–Crippen LogP) is 6.38. The molecule has 35 heavy (non-hydrogen) atoms. The summed E-state index contributed by atoms with van der Waals surface area (Å²) < 4.78 is 30.2. The second-order valence-corrected chi connectivity index (χ2v) is 12.1.